The summed E-state index contributed by atoms with van der Waals surface area (Å²) in [4.78, 5) is 12.3. The topological polar surface area (TPSA) is 59.8 Å². The number of hydrogen-bond donors (Lipinski definition) is 1. The van der Waals surface area contributed by atoms with E-state index in [1.54, 1.807) is 18.7 Å². The number of hydrogen-bond acceptors (Lipinski definition) is 5. The van der Waals surface area contributed by atoms with E-state index in [-0.39, 0.29) is 5.56 Å². The van der Waals surface area contributed by atoms with Gasteiger partial charge < -0.3 is 9.88 Å². The third kappa shape index (κ3) is 2.15. The zero-order valence-electron chi connectivity index (χ0n) is 10.9. The number of pyridine rings is 1. The summed E-state index contributed by atoms with van der Waals surface area (Å²) in [6, 6.07) is 3.81. The highest BCUT2D eigenvalue weighted by Crippen LogP contribution is 2.24. The molecule has 0 saturated carbocycles. The Labute approximate surface area is 110 Å². The van der Waals surface area contributed by atoms with Crippen molar-refractivity contribution in [3.8, 4) is 10.6 Å². The second kappa shape index (κ2) is 4.89. The van der Waals surface area contributed by atoms with Gasteiger partial charge in [-0.1, -0.05) is 25.2 Å². The molecule has 0 bridgehead atoms. The molecule has 0 atom stereocenters. The van der Waals surface area contributed by atoms with Crippen molar-refractivity contribution in [1.29, 1.82) is 0 Å². The summed E-state index contributed by atoms with van der Waals surface area (Å²) in [5, 5.41) is 12.2. The van der Waals surface area contributed by atoms with E-state index >= 15 is 0 Å². The summed E-state index contributed by atoms with van der Waals surface area (Å²) in [7, 11) is 3.57. The Kier molecular flexibility index (Phi) is 3.47. The van der Waals surface area contributed by atoms with Gasteiger partial charge in [0, 0.05) is 19.8 Å². The molecule has 0 aliphatic heterocycles. The second-order valence-corrected chi connectivity index (χ2v) is 5.33. The van der Waals surface area contributed by atoms with E-state index in [0.29, 0.717) is 21.6 Å². The molecule has 0 aromatic carbocycles. The SMILES string of the molecule is CNc1nnc(-c2ccc(C(C)C)n(C)c2=O)s1. The first-order valence-electron chi connectivity index (χ1n) is 5.76. The molecule has 96 valence electrons. The molecule has 0 unspecified atom stereocenters. The van der Waals surface area contributed by atoms with E-state index in [9.17, 15) is 4.79 Å². The molecule has 0 aliphatic rings. The van der Waals surface area contributed by atoms with Crippen LogP contribution in [0.3, 0.4) is 0 Å². The lowest BCUT2D eigenvalue weighted by molar-refractivity contribution is 0.708. The molecule has 0 aliphatic carbocycles. The Hall–Kier alpha value is -1.69. The molecule has 2 heterocycles. The Morgan fingerprint density at radius 3 is 2.61 bits per heavy atom. The lowest BCUT2D eigenvalue weighted by Crippen LogP contribution is -2.22. The second-order valence-electron chi connectivity index (χ2n) is 4.35. The van der Waals surface area contributed by atoms with E-state index < -0.39 is 0 Å². The molecule has 0 radical (unpaired) electrons. The monoisotopic (exact) mass is 264 g/mol. The lowest BCUT2D eigenvalue weighted by atomic mass is 10.1. The smallest absolute Gasteiger partial charge is 0.260 e. The highest BCUT2D eigenvalue weighted by Gasteiger charge is 2.13. The maximum atomic E-state index is 12.3. The maximum absolute atomic E-state index is 12.3. The maximum Gasteiger partial charge on any atom is 0.260 e. The Morgan fingerprint density at radius 1 is 1.33 bits per heavy atom. The normalized spacial score (nSPS) is 10.9. The molecule has 1 N–H and O–H groups in total. The van der Waals surface area contributed by atoms with Crippen LogP contribution in [-0.4, -0.2) is 21.8 Å². The molecule has 2 aromatic rings. The quantitative estimate of drug-likeness (QED) is 0.922. The molecule has 0 spiro atoms. The van der Waals surface area contributed by atoms with Crippen LogP contribution in [0.2, 0.25) is 0 Å². The van der Waals surface area contributed by atoms with Crippen molar-refractivity contribution in [1.82, 2.24) is 14.8 Å². The fraction of sp³-hybridized carbons (Fsp3) is 0.417. The number of anilines is 1. The molecule has 2 aromatic heterocycles. The van der Waals surface area contributed by atoms with Gasteiger partial charge in [0.15, 0.2) is 5.01 Å². The summed E-state index contributed by atoms with van der Waals surface area (Å²) in [5.74, 6) is 0.319. The van der Waals surface area contributed by atoms with E-state index in [0.717, 1.165) is 5.69 Å². The average molecular weight is 264 g/mol. The zero-order valence-corrected chi connectivity index (χ0v) is 11.7. The van der Waals surface area contributed by atoms with Gasteiger partial charge in [0.25, 0.3) is 5.56 Å². The van der Waals surface area contributed by atoms with Crippen LogP contribution in [0.25, 0.3) is 10.6 Å². The number of nitrogens with one attached hydrogen (secondary N) is 1. The third-order valence-corrected chi connectivity index (χ3v) is 3.78. The van der Waals surface area contributed by atoms with E-state index in [1.165, 1.54) is 11.3 Å². The van der Waals surface area contributed by atoms with Crippen molar-refractivity contribution in [2.24, 2.45) is 7.05 Å². The van der Waals surface area contributed by atoms with Crippen LogP contribution in [-0.2, 0) is 7.05 Å². The lowest BCUT2D eigenvalue weighted by Gasteiger charge is -2.11. The van der Waals surface area contributed by atoms with Gasteiger partial charge in [-0.2, -0.15) is 0 Å². The predicted molar refractivity (Wildman–Crippen MR) is 74.2 cm³/mol. The van der Waals surface area contributed by atoms with Gasteiger partial charge in [0.1, 0.15) is 0 Å². The predicted octanol–water partition coefficient (Wildman–Crippen LogP) is 2.07. The van der Waals surface area contributed by atoms with Crippen molar-refractivity contribution >= 4 is 16.5 Å². The standard InChI is InChI=1S/C12H16N4OS/c1-7(2)9-6-5-8(11(17)16(9)4)10-14-15-12(13-3)18-10/h5-7H,1-4H3,(H,13,15). The Balaban J connectivity index is 2.53. The van der Waals surface area contributed by atoms with E-state index in [1.807, 2.05) is 12.1 Å². The first-order chi connectivity index (χ1) is 8.54. The van der Waals surface area contributed by atoms with Gasteiger partial charge in [-0.15, -0.1) is 10.2 Å². The molecule has 2 rings (SSSR count). The van der Waals surface area contributed by atoms with Crippen LogP contribution in [0.4, 0.5) is 5.13 Å². The van der Waals surface area contributed by atoms with Crippen LogP contribution in [0.15, 0.2) is 16.9 Å². The van der Waals surface area contributed by atoms with Gasteiger partial charge >= 0.3 is 0 Å². The minimum absolute atomic E-state index is 0.0278. The number of rotatable bonds is 3. The fourth-order valence-electron chi connectivity index (χ4n) is 1.83. The Bertz CT molecular complexity index is 615. The van der Waals surface area contributed by atoms with Crippen LogP contribution < -0.4 is 10.9 Å². The van der Waals surface area contributed by atoms with Crippen molar-refractivity contribution < 1.29 is 0 Å². The van der Waals surface area contributed by atoms with Crippen molar-refractivity contribution in [2.45, 2.75) is 19.8 Å². The highest BCUT2D eigenvalue weighted by molar-refractivity contribution is 7.18. The summed E-state index contributed by atoms with van der Waals surface area (Å²) < 4.78 is 1.68. The van der Waals surface area contributed by atoms with Crippen LogP contribution in [0.5, 0.6) is 0 Å². The molecular formula is C12H16N4OS. The zero-order chi connectivity index (χ0) is 13.3. The molecular weight excluding hydrogens is 248 g/mol. The van der Waals surface area contributed by atoms with Gasteiger partial charge in [-0.05, 0) is 18.1 Å². The van der Waals surface area contributed by atoms with Crippen molar-refractivity contribution in [3.63, 3.8) is 0 Å². The van der Waals surface area contributed by atoms with Gasteiger partial charge in [0.2, 0.25) is 5.13 Å². The molecule has 18 heavy (non-hydrogen) atoms. The average Bonchev–Trinajstić information content (AvgIpc) is 2.80. The number of aromatic nitrogens is 3. The molecule has 5 nitrogen and oxygen atoms in total. The first kappa shape index (κ1) is 12.8. The van der Waals surface area contributed by atoms with Gasteiger partial charge in [-0.3, -0.25) is 4.79 Å². The summed E-state index contributed by atoms with van der Waals surface area (Å²) in [5.41, 5.74) is 1.59. The molecule has 0 fully saturated rings. The summed E-state index contributed by atoms with van der Waals surface area (Å²) in [6.45, 7) is 4.14. The van der Waals surface area contributed by atoms with Gasteiger partial charge in [-0.25, -0.2) is 0 Å². The minimum atomic E-state index is -0.0278. The number of nitrogens with zero attached hydrogens (tertiary/aromatic N) is 3. The summed E-state index contributed by atoms with van der Waals surface area (Å²) in [6.07, 6.45) is 0. The molecule has 6 heteroatoms. The van der Waals surface area contributed by atoms with Crippen molar-refractivity contribution in [2.75, 3.05) is 12.4 Å². The fourth-order valence-corrected chi connectivity index (χ4v) is 2.54. The largest absolute Gasteiger partial charge is 0.363 e. The molecule has 0 saturated heterocycles. The highest BCUT2D eigenvalue weighted by atomic mass is 32.1. The van der Waals surface area contributed by atoms with Gasteiger partial charge in [0.05, 0.1) is 5.56 Å². The van der Waals surface area contributed by atoms with Crippen LogP contribution in [0, 0.1) is 0 Å². The van der Waals surface area contributed by atoms with E-state index in [2.05, 4.69) is 29.4 Å². The minimum Gasteiger partial charge on any atom is -0.363 e. The molecule has 0 amide bonds. The van der Waals surface area contributed by atoms with Crippen LogP contribution in [0.1, 0.15) is 25.5 Å². The van der Waals surface area contributed by atoms with Crippen LogP contribution >= 0.6 is 11.3 Å². The third-order valence-electron chi connectivity index (χ3n) is 2.80. The first-order valence-corrected chi connectivity index (χ1v) is 6.57. The summed E-state index contributed by atoms with van der Waals surface area (Å²) >= 11 is 1.38. The Morgan fingerprint density at radius 2 is 2.06 bits per heavy atom. The van der Waals surface area contributed by atoms with E-state index in [4.69, 9.17) is 0 Å². The van der Waals surface area contributed by atoms with Crippen molar-refractivity contribution in [3.05, 3.63) is 28.2 Å².